The van der Waals surface area contributed by atoms with Crippen LogP contribution in [0, 0.1) is 0 Å². The van der Waals surface area contributed by atoms with Crippen LogP contribution < -0.4 is 0 Å². The zero-order valence-electron chi connectivity index (χ0n) is 11.3. The second-order valence-electron chi connectivity index (χ2n) is 4.15. The first-order chi connectivity index (χ1) is 9.94. The Bertz CT molecular complexity index is 737. The lowest BCUT2D eigenvalue weighted by Crippen LogP contribution is -2.30. The highest BCUT2D eigenvalue weighted by atomic mass is 35.6. The third kappa shape index (κ3) is 4.59. The summed E-state index contributed by atoms with van der Waals surface area (Å²) in [4.78, 5) is 3.89. The van der Waals surface area contributed by atoms with Crippen LogP contribution in [0.2, 0.25) is 0 Å². The molecule has 1 rings (SSSR count). The average molecular weight is 412 g/mol. The number of rotatable bonds is 7. The summed E-state index contributed by atoms with van der Waals surface area (Å²) < 4.78 is 50.2. The molecule has 0 aliphatic rings. The predicted molar refractivity (Wildman–Crippen MR) is 85.5 cm³/mol. The Morgan fingerprint density at radius 2 is 2.00 bits per heavy atom. The van der Waals surface area contributed by atoms with Crippen LogP contribution in [0.1, 0.15) is 30.8 Å². The maximum Gasteiger partial charge on any atom is 0.331 e. The van der Waals surface area contributed by atoms with Crippen molar-refractivity contribution >= 4 is 61.1 Å². The Hall–Kier alpha value is -0.320. The number of aromatic nitrogens is 2. The van der Waals surface area contributed by atoms with Gasteiger partial charge in [0.25, 0.3) is 0 Å². The molecule has 1 unspecified atom stereocenters. The number of hydrogen-bond acceptors (Lipinski definition) is 6. The standard InChI is InChI=1S/C10H13Cl3N2O5S2/c1-3-5-9(15-6-8(4-2)14-7-15)21(16,17)20-22(18,19)10(11,12)13/h4,6-7,9H,2-3,5H2,1H3. The molecule has 1 aromatic heterocycles. The van der Waals surface area contributed by atoms with Gasteiger partial charge in [-0.3, -0.25) is 0 Å². The molecule has 0 spiro atoms. The van der Waals surface area contributed by atoms with E-state index >= 15 is 0 Å². The molecule has 1 aromatic rings. The smallest absolute Gasteiger partial charge is 0.317 e. The van der Waals surface area contributed by atoms with Crippen molar-refractivity contribution in [3.8, 4) is 0 Å². The van der Waals surface area contributed by atoms with E-state index in [4.69, 9.17) is 34.8 Å². The van der Waals surface area contributed by atoms with Gasteiger partial charge < -0.3 is 4.57 Å². The fourth-order valence-electron chi connectivity index (χ4n) is 1.51. The van der Waals surface area contributed by atoms with Crippen LogP contribution in [0.15, 0.2) is 19.1 Å². The molecular formula is C10H13Cl3N2O5S2. The third-order valence-corrected chi connectivity index (χ3v) is 7.39. The lowest BCUT2D eigenvalue weighted by Gasteiger charge is -2.19. The van der Waals surface area contributed by atoms with E-state index in [0.29, 0.717) is 12.1 Å². The molecule has 7 nitrogen and oxygen atoms in total. The Labute approximate surface area is 144 Å². The number of halogens is 3. The van der Waals surface area contributed by atoms with Crippen LogP contribution in [0.25, 0.3) is 6.08 Å². The number of alkyl halides is 3. The Kier molecular flexibility index (Phi) is 6.33. The van der Waals surface area contributed by atoms with Crippen LogP contribution >= 0.6 is 34.8 Å². The molecule has 0 aromatic carbocycles. The van der Waals surface area contributed by atoms with Gasteiger partial charge >= 0.3 is 23.4 Å². The molecule has 1 atom stereocenters. The van der Waals surface area contributed by atoms with Crippen molar-refractivity contribution in [2.24, 2.45) is 0 Å². The molecule has 0 radical (unpaired) electrons. The normalized spacial score (nSPS) is 14.7. The second-order valence-corrected chi connectivity index (χ2v) is 10.7. The van der Waals surface area contributed by atoms with Gasteiger partial charge in [0.2, 0.25) is 0 Å². The molecular weight excluding hydrogens is 399 g/mol. The van der Waals surface area contributed by atoms with Crippen LogP contribution in [-0.2, 0) is 23.9 Å². The van der Waals surface area contributed by atoms with E-state index in [1.807, 2.05) is 0 Å². The topological polar surface area (TPSA) is 95.3 Å². The molecule has 0 aliphatic carbocycles. The SMILES string of the molecule is C=Cc1cn(C(CCC)S(=O)(=O)OS(=O)(=O)C(Cl)(Cl)Cl)cn1. The molecule has 22 heavy (non-hydrogen) atoms. The highest BCUT2D eigenvalue weighted by Gasteiger charge is 2.45. The average Bonchev–Trinajstić information content (AvgIpc) is 2.81. The monoisotopic (exact) mass is 410 g/mol. The molecule has 126 valence electrons. The van der Waals surface area contributed by atoms with Crippen molar-refractivity contribution in [2.45, 2.75) is 28.3 Å². The van der Waals surface area contributed by atoms with Crippen LogP contribution in [-0.4, -0.2) is 29.5 Å². The zero-order valence-corrected chi connectivity index (χ0v) is 15.2. The largest absolute Gasteiger partial charge is 0.331 e. The van der Waals surface area contributed by atoms with Gasteiger partial charge in [-0.15, -0.1) is 3.63 Å². The van der Waals surface area contributed by atoms with Crippen LogP contribution in [0.3, 0.4) is 0 Å². The molecule has 0 N–H and O–H groups in total. The summed E-state index contributed by atoms with van der Waals surface area (Å²) in [5, 5.41) is -1.33. The summed E-state index contributed by atoms with van der Waals surface area (Å²) in [5.74, 6) is 0. The van der Waals surface area contributed by atoms with E-state index in [0.717, 1.165) is 0 Å². The van der Waals surface area contributed by atoms with E-state index in [1.54, 1.807) is 6.92 Å². The molecule has 0 fully saturated rings. The first kappa shape index (κ1) is 19.7. The second kappa shape index (κ2) is 7.06. The summed E-state index contributed by atoms with van der Waals surface area (Å²) in [7, 11) is -9.60. The summed E-state index contributed by atoms with van der Waals surface area (Å²) in [6.07, 6.45) is 4.52. The van der Waals surface area contributed by atoms with E-state index in [-0.39, 0.29) is 6.42 Å². The van der Waals surface area contributed by atoms with Gasteiger partial charge in [0.15, 0.2) is 5.37 Å². The first-order valence-corrected chi connectivity index (χ1v) is 9.88. The van der Waals surface area contributed by atoms with Gasteiger partial charge in [-0.1, -0.05) is 54.7 Å². The molecule has 1 heterocycles. The van der Waals surface area contributed by atoms with Gasteiger partial charge in [0.05, 0.1) is 12.0 Å². The van der Waals surface area contributed by atoms with Crippen LogP contribution in [0.5, 0.6) is 0 Å². The van der Waals surface area contributed by atoms with E-state index in [2.05, 4.69) is 15.2 Å². The van der Waals surface area contributed by atoms with Crippen molar-refractivity contribution in [1.82, 2.24) is 9.55 Å². The predicted octanol–water partition coefficient (Wildman–Crippen LogP) is 2.83. The highest BCUT2D eigenvalue weighted by molar-refractivity contribution is 8.02. The van der Waals surface area contributed by atoms with Crippen molar-refractivity contribution in [3.63, 3.8) is 0 Å². The Balaban J connectivity index is 3.22. The lowest BCUT2D eigenvalue weighted by molar-refractivity contribution is 0.428. The molecule has 0 saturated carbocycles. The van der Waals surface area contributed by atoms with Crippen LogP contribution in [0.4, 0.5) is 0 Å². The third-order valence-electron chi connectivity index (χ3n) is 2.50. The number of imidazole rings is 1. The van der Waals surface area contributed by atoms with Crippen molar-refractivity contribution < 1.29 is 20.5 Å². The van der Waals surface area contributed by atoms with Gasteiger partial charge in [-0.25, -0.2) is 4.98 Å². The summed E-state index contributed by atoms with van der Waals surface area (Å²) in [5.41, 5.74) is 0.417. The fraction of sp³-hybridized carbons (Fsp3) is 0.500. The molecule has 0 amide bonds. The molecule has 0 bridgehead atoms. The highest BCUT2D eigenvalue weighted by Crippen LogP contribution is 2.37. The van der Waals surface area contributed by atoms with Crippen molar-refractivity contribution in [3.05, 3.63) is 24.8 Å². The quantitative estimate of drug-likeness (QED) is 0.640. The zero-order chi connectivity index (χ0) is 17.2. The lowest BCUT2D eigenvalue weighted by atomic mass is 10.3. The maximum atomic E-state index is 12.2. The summed E-state index contributed by atoms with van der Waals surface area (Å²) in [6, 6.07) is 0. The van der Waals surface area contributed by atoms with Crippen molar-refractivity contribution in [2.75, 3.05) is 0 Å². The fourth-order valence-corrected chi connectivity index (χ4v) is 4.82. The van der Waals surface area contributed by atoms with Gasteiger partial charge in [-0.05, 0) is 12.5 Å². The van der Waals surface area contributed by atoms with Gasteiger partial charge in [0.1, 0.15) is 0 Å². The Morgan fingerprint density at radius 3 is 2.41 bits per heavy atom. The van der Waals surface area contributed by atoms with Gasteiger partial charge in [-0.2, -0.15) is 16.8 Å². The Morgan fingerprint density at radius 1 is 1.41 bits per heavy atom. The molecule has 12 heteroatoms. The number of nitrogens with zero attached hydrogens (tertiary/aromatic N) is 2. The summed E-state index contributed by atoms with van der Waals surface area (Å²) in [6.45, 7) is 5.22. The minimum Gasteiger partial charge on any atom is -0.317 e. The molecule has 0 aliphatic heterocycles. The first-order valence-electron chi connectivity index (χ1n) is 5.86. The summed E-state index contributed by atoms with van der Waals surface area (Å²) >= 11 is 15.6. The molecule has 0 saturated heterocycles. The minimum atomic E-state index is -4.97. The van der Waals surface area contributed by atoms with Gasteiger partial charge in [0, 0.05) is 6.20 Å². The van der Waals surface area contributed by atoms with E-state index < -0.39 is 28.7 Å². The maximum absolute atomic E-state index is 12.2. The van der Waals surface area contributed by atoms with E-state index in [9.17, 15) is 16.8 Å². The number of hydrogen-bond donors (Lipinski definition) is 0. The van der Waals surface area contributed by atoms with E-state index in [1.165, 1.54) is 23.2 Å². The minimum absolute atomic E-state index is 0.0741. The van der Waals surface area contributed by atoms with Crippen molar-refractivity contribution in [1.29, 1.82) is 0 Å².